The predicted octanol–water partition coefficient (Wildman–Crippen LogP) is 15.3. The fourth-order valence-electron chi connectivity index (χ4n) is 8.27. The van der Waals surface area contributed by atoms with E-state index in [9.17, 15) is 0 Å². The third-order valence-electron chi connectivity index (χ3n) is 11.8. The van der Waals surface area contributed by atoms with E-state index < -0.39 is 0 Å². The number of hydrogen-bond acceptors (Lipinski definition) is 5. The van der Waals surface area contributed by atoms with Crippen molar-refractivity contribution in [2.75, 3.05) is 0 Å². The SMILES string of the molecule is c1ccc(-c2ccc(-c3nc(-c4ccccc4)cc(-c4cccc(-c5cccc(-c6nc(-c7ccc(-c8ccccc8)cc7)nc(-c7ccc(-c8ccccc8)cc7)n6)c5)c4)n3)cc2)cc1. The summed E-state index contributed by atoms with van der Waals surface area (Å²) in [6.45, 7) is 0. The van der Waals surface area contributed by atoms with E-state index in [2.05, 4.69) is 212 Å². The predicted molar refractivity (Wildman–Crippen MR) is 270 cm³/mol. The maximum Gasteiger partial charge on any atom is 0.164 e. The van der Waals surface area contributed by atoms with Crippen molar-refractivity contribution in [3.8, 4) is 113 Å². The van der Waals surface area contributed by atoms with E-state index in [1.54, 1.807) is 0 Å². The molecule has 0 spiro atoms. The highest BCUT2D eigenvalue weighted by Gasteiger charge is 2.16. The van der Waals surface area contributed by atoms with Gasteiger partial charge < -0.3 is 0 Å². The van der Waals surface area contributed by atoms with E-state index in [-0.39, 0.29) is 0 Å². The van der Waals surface area contributed by atoms with Crippen molar-refractivity contribution in [1.29, 1.82) is 0 Å². The van der Waals surface area contributed by atoms with Gasteiger partial charge in [0.1, 0.15) is 0 Å². The van der Waals surface area contributed by atoms with Gasteiger partial charge in [0.2, 0.25) is 0 Å². The molecule has 5 nitrogen and oxygen atoms in total. The summed E-state index contributed by atoms with van der Waals surface area (Å²) in [5.41, 5.74) is 16.4. The van der Waals surface area contributed by atoms with Crippen LogP contribution in [0.15, 0.2) is 249 Å². The summed E-state index contributed by atoms with van der Waals surface area (Å²) in [5.74, 6) is 2.48. The Hall–Kier alpha value is -8.93. The molecule has 0 amide bonds. The van der Waals surface area contributed by atoms with Gasteiger partial charge in [-0.1, -0.05) is 231 Å². The van der Waals surface area contributed by atoms with E-state index in [1.165, 1.54) is 5.56 Å². The molecule has 310 valence electrons. The highest BCUT2D eigenvalue weighted by molar-refractivity contribution is 5.79. The molecular weight excluding hydrogens is 803 g/mol. The minimum absolute atomic E-state index is 0.596. The molecule has 0 aliphatic rings. The van der Waals surface area contributed by atoms with Crippen molar-refractivity contribution in [2.45, 2.75) is 0 Å². The largest absolute Gasteiger partial charge is 0.228 e. The van der Waals surface area contributed by atoms with E-state index in [0.29, 0.717) is 23.3 Å². The highest BCUT2D eigenvalue weighted by Crippen LogP contribution is 2.34. The van der Waals surface area contributed by atoms with Crippen LogP contribution in [0.3, 0.4) is 0 Å². The van der Waals surface area contributed by atoms with Gasteiger partial charge >= 0.3 is 0 Å². The monoisotopic (exact) mass is 843 g/mol. The maximum absolute atomic E-state index is 5.19. The van der Waals surface area contributed by atoms with Crippen LogP contribution in [0.1, 0.15) is 0 Å². The molecule has 0 bridgehead atoms. The summed E-state index contributed by atoms with van der Waals surface area (Å²) in [7, 11) is 0. The van der Waals surface area contributed by atoms with Crippen LogP contribution < -0.4 is 0 Å². The van der Waals surface area contributed by atoms with Gasteiger partial charge in [-0.2, -0.15) is 0 Å². The first-order valence-corrected chi connectivity index (χ1v) is 22.1. The van der Waals surface area contributed by atoms with Gasteiger partial charge in [-0.05, 0) is 62.7 Å². The minimum atomic E-state index is 0.596. The molecule has 2 heterocycles. The molecule has 5 heteroatoms. The summed E-state index contributed by atoms with van der Waals surface area (Å²) >= 11 is 0. The van der Waals surface area contributed by atoms with Gasteiger partial charge in [0.15, 0.2) is 23.3 Å². The lowest BCUT2D eigenvalue weighted by Crippen LogP contribution is -2.00. The average Bonchev–Trinajstić information content (AvgIpc) is 3.42. The Morgan fingerprint density at radius 3 is 0.818 bits per heavy atom. The maximum atomic E-state index is 5.19. The van der Waals surface area contributed by atoms with E-state index in [1.807, 2.05) is 36.4 Å². The minimum Gasteiger partial charge on any atom is -0.228 e. The Kier molecular flexibility index (Phi) is 10.9. The zero-order valence-corrected chi connectivity index (χ0v) is 35.9. The van der Waals surface area contributed by atoms with Crippen LogP contribution in [-0.4, -0.2) is 24.9 Å². The van der Waals surface area contributed by atoms with Crippen LogP contribution in [0.5, 0.6) is 0 Å². The van der Waals surface area contributed by atoms with Crippen LogP contribution >= 0.6 is 0 Å². The Morgan fingerprint density at radius 1 is 0.152 bits per heavy atom. The number of nitrogens with zero attached hydrogens (tertiary/aromatic N) is 5. The van der Waals surface area contributed by atoms with Crippen LogP contribution in [0, 0.1) is 0 Å². The summed E-state index contributed by atoms with van der Waals surface area (Å²) in [6, 6.07) is 85.9. The van der Waals surface area contributed by atoms with E-state index >= 15 is 0 Å². The van der Waals surface area contributed by atoms with Crippen molar-refractivity contribution >= 4 is 0 Å². The van der Waals surface area contributed by atoms with Crippen LogP contribution in [0.4, 0.5) is 0 Å². The molecule has 11 rings (SSSR count). The first kappa shape index (κ1) is 39.9. The molecule has 0 aliphatic carbocycles. The van der Waals surface area contributed by atoms with Gasteiger partial charge in [0, 0.05) is 33.4 Å². The molecule has 0 saturated carbocycles. The molecule has 11 aromatic rings. The van der Waals surface area contributed by atoms with E-state index in [0.717, 1.165) is 83.7 Å². The number of benzene rings is 9. The lowest BCUT2D eigenvalue weighted by molar-refractivity contribution is 1.07. The summed E-state index contributed by atoms with van der Waals surface area (Å²) in [5, 5.41) is 0. The molecule has 0 aliphatic heterocycles. The van der Waals surface area contributed by atoms with Gasteiger partial charge in [-0.15, -0.1) is 0 Å². The fourth-order valence-corrected chi connectivity index (χ4v) is 8.27. The lowest BCUT2D eigenvalue weighted by Gasteiger charge is -2.12. The smallest absolute Gasteiger partial charge is 0.164 e. The summed E-state index contributed by atoms with van der Waals surface area (Å²) in [6.07, 6.45) is 0. The second-order valence-corrected chi connectivity index (χ2v) is 16.1. The fraction of sp³-hybridized carbons (Fsp3) is 0. The zero-order valence-electron chi connectivity index (χ0n) is 35.9. The van der Waals surface area contributed by atoms with Crippen LogP contribution in [0.2, 0.25) is 0 Å². The molecular formula is C61H41N5. The third kappa shape index (κ3) is 8.57. The first-order chi connectivity index (χ1) is 32.7. The van der Waals surface area contributed by atoms with Crippen molar-refractivity contribution in [3.05, 3.63) is 249 Å². The lowest BCUT2D eigenvalue weighted by atomic mass is 9.99. The van der Waals surface area contributed by atoms with Crippen LogP contribution in [-0.2, 0) is 0 Å². The molecule has 2 aromatic heterocycles. The van der Waals surface area contributed by atoms with Crippen LogP contribution in [0.25, 0.3) is 113 Å². The zero-order chi connectivity index (χ0) is 44.1. The van der Waals surface area contributed by atoms with Crippen molar-refractivity contribution in [2.24, 2.45) is 0 Å². The first-order valence-electron chi connectivity index (χ1n) is 22.1. The normalized spacial score (nSPS) is 11.0. The van der Waals surface area contributed by atoms with Gasteiger partial charge in [-0.25, -0.2) is 24.9 Å². The Bertz CT molecular complexity index is 3310. The molecule has 0 fully saturated rings. The Labute approximate surface area is 384 Å². The molecule has 9 aromatic carbocycles. The molecule has 0 saturated heterocycles. The number of aromatic nitrogens is 5. The summed E-state index contributed by atoms with van der Waals surface area (Å²) < 4.78 is 0. The van der Waals surface area contributed by atoms with Crippen molar-refractivity contribution in [3.63, 3.8) is 0 Å². The molecule has 0 unspecified atom stereocenters. The standard InChI is InChI=1S/C61H41N5/c1-5-15-42(16-6-1)45-27-33-49(34-28-45)58-62-56(48-21-11-4-12-22-48)41-57(63-58)54-25-13-23-52(39-54)53-24-14-26-55(40-53)61-65-59(50-35-29-46(30-36-50)43-17-7-2-8-18-43)64-60(66-61)51-37-31-47(32-38-51)44-19-9-3-10-20-44/h1-41H. The highest BCUT2D eigenvalue weighted by atomic mass is 15.0. The van der Waals surface area contributed by atoms with Crippen molar-refractivity contribution < 1.29 is 0 Å². The second-order valence-electron chi connectivity index (χ2n) is 16.1. The molecule has 66 heavy (non-hydrogen) atoms. The van der Waals surface area contributed by atoms with Gasteiger partial charge in [0.05, 0.1) is 11.4 Å². The van der Waals surface area contributed by atoms with Crippen molar-refractivity contribution in [1.82, 2.24) is 24.9 Å². The van der Waals surface area contributed by atoms with Gasteiger partial charge in [0.25, 0.3) is 0 Å². The Morgan fingerprint density at radius 2 is 0.409 bits per heavy atom. The third-order valence-corrected chi connectivity index (χ3v) is 11.8. The van der Waals surface area contributed by atoms with Gasteiger partial charge in [-0.3, -0.25) is 0 Å². The molecule has 0 atom stereocenters. The molecule has 0 N–H and O–H groups in total. The molecule has 0 radical (unpaired) electrons. The quantitative estimate of drug-likeness (QED) is 0.137. The second kappa shape index (κ2) is 18.0. The average molecular weight is 844 g/mol. The number of rotatable bonds is 10. The summed E-state index contributed by atoms with van der Waals surface area (Å²) in [4.78, 5) is 25.6. The Balaban J connectivity index is 0.962. The van der Waals surface area contributed by atoms with E-state index in [4.69, 9.17) is 24.9 Å². The number of hydrogen-bond donors (Lipinski definition) is 0. The topological polar surface area (TPSA) is 64.5 Å².